The number of halogens is 3. The van der Waals surface area contributed by atoms with E-state index in [0.29, 0.717) is 24.2 Å². The summed E-state index contributed by atoms with van der Waals surface area (Å²) in [5.74, 6) is 5.56. The van der Waals surface area contributed by atoms with Crippen LogP contribution < -0.4 is 10.9 Å². The Morgan fingerprint density at radius 3 is 2.56 bits per heavy atom. The van der Waals surface area contributed by atoms with E-state index in [2.05, 4.69) is 22.3 Å². The maximum atomic E-state index is 12.7. The van der Waals surface area contributed by atoms with Gasteiger partial charge in [0.05, 0.1) is 17.3 Å². The highest BCUT2D eigenvalue weighted by Gasteiger charge is 2.29. The van der Waals surface area contributed by atoms with Gasteiger partial charge in [-0.05, 0) is 43.5 Å². The minimum atomic E-state index is -4.39. The number of hydrogen-bond acceptors (Lipinski definition) is 4. The number of ether oxygens (including phenoxy) is 1. The first-order chi connectivity index (χ1) is 12.9. The van der Waals surface area contributed by atoms with Crippen LogP contribution in [-0.4, -0.2) is 23.4 Å². The highest BCUT2D eigenvalue weighted by atomic mass is 19.4. The van der Waals surface area contributed by atoms with Gasteiger partial charge in [0.1, 0.15) is 5.69 Å². The van der Waals surface area contributed by atoms with E-state index >= 15 is 0 Å². The Kier molecular flexibility index (Phi) is 5.51. The van der Waals surface area contributed by atoms with Gasteiger partial charge >= 0.3 is 6.18 Å². The summed E-state index contributed by atoms with van der Waals surface area (Å²) in [6, 6.07) is 4.53. The molecule has 1 aromatic carbocycles. The van der Waals surface area contributed by atoms with Crippen molar-refractivity contribution in [2.45, 2.75) is 31.7 Å². The summed E-state index contributed by atoms with van der Waals surface area (Å²) in [6.45, 7) is 0.586. The van der Waals surface area contributed by atoms with Crippen LogP contribution in [0.4, 0.5) is 18.9 Å². The van der Waals surface area contributed by atoms with E-state index in [1.165, 1.54) is 23.0 Å². The summed E-state index contributed by atoms with van der Waals surface area (Å²) in [7, 11) is 1.60. The first-order valence-corrected chi connectivity index (χ1v) is 8.50. The van der Waals surface area contributed by atoms with Gasteiger partial charge in [0.25, 0.3) is 5.56 Å². The van der Waals surface area contributed by atoms with Crippen molar-refractivity contribution in [2.75, 3.05) is 19.0 Å². The summed E-state index contributed by atoms with van der Waals surface area (Å²) in [5.41, 5.74) is -0.0257. The number of alkyl halides is 3. The molecule has 1 atom stereocenters. The average molecular weight is 377 g/mol. The largest absolute Gasteiger partial charge is 0.416 e. The van der Waals surface area contributed by atoms with Crippen LogP contribution in [0, 0.1) is 11.8 Å². The topological polar surface area (TPSA) is 56.1 Å². The fraction of sp³-hybridized carbons (Fsp3) is 0.368. The van der Waals surface area contributed by atoms with Gasteiger partial charge in [-0.3, -0.25) is 4.79 Å². The zero-order chi connectivity index (χ0) is 19.4. The third-order valence-corrected chi connectivity index (χ3v) is 4.23. The van der Waals surface area contributed by atoms with Crippen molar-refractivity contribution in [2.24, 2.45) is 0 Å². The predicted molar refractivity (Wildman–Crippen MR) is 94.3 cm³/mol. The summed E-state index contributed by atoms with van der Waals surface area (Å²) in [4.78, 5) is 12.7. The van der Waals surface area contributed by atoms with Gasteiger partial charge in [0.2, 0.25) is 0 Å². The lowest BCUT2D eigenvalue weighted by Crippen LogP contribution is -2.32. The molecule has 1 aliphatic rings. The lowest BCUT2D eigenvalue weighted by molar-refractivity contribution is -0.137. The molecule has 1 saturated heterocycles. The van der Waals surface area contributed by atoms with Crippen molar-refractivity contribution in [3.63, 3.8) is 0 Å². The second kappa shape index (κ2) is 7.84. The van der Waals surface area contributed by atoms with Crippen LogP contribution in [0.2, 0.25) is 0 Å². The highest BCUT2D eigenvalue weighted by molar-refractivity contribution is 5.57. The van der Waals surface area contributed by atoms with Gasteiger partial charge in [0.15, 0.2) is 6.23 Å². The molecule has 1 fully saturated rings. The molecule has 3 rings (SSSR count). The monoisotopic (exact) mass is 377 g/mol. The molecule has 0 aliphatic carbocycles. The van der Waals surface area contributed by atoms with E-state index in [4.69, 9.17) is 4.74 Å². The van der Waals surface area contributed by atoms with Crippen LogP contribution in [0.3, 0.4) is 0 Å². The van der Waals surface area contributed by atoms with Crippen LogP contribution in [0.15, 0.2) is 35.3 Å². The van der Waals surface area contributed by atoms with Crippen molar-refractivity contribution in [1.29, 1.82) is 0 Å². The van der Waals surface area contributed by atoms with Crippen LogP contribution in [-0.2, 0) is 10.9 Å². The van der Waals surface area contributed by atoms with Crippen molar-refractivity contribution in [3.05, 3.63) is 57.5 Å². The average Bonchev–Trinajstić information content (AvgIpc) is 2.66. The molecule has 27 heavy (non-hydrogen) atoms. The van der Waals surface area contributed by atoms with Gasteiger partial charge in [-0.25, -0.2) is 0 Å². The number of benzene rings is 1. The fourth-order valence-corrected chi connectivity index (χ4v) is 2.81. The zero-order valence-electron chi connectivity index (χ0n) is 14.6. The normalized spacial score (nSPS) is 17.1. The molecule has 0 spiro atoms. The van der Waals surface area contributed by atoms with Crippen molar-refractivity contribution in [3.8, 4) is 11.8 Å². The fourth-order valence-electron chi connectivity index (χ4n) is 2.81. The molecule has 0 amide bonds. The van der Waals surface area contributed by atoms with Gasteiger partial charge in [-0.1, -0.05) is 11.8 Å². The molecule has 1 aliphatic heterocycles. The molecule has 1 aromatic heterocycles. The van der Waals surface area contributed by atoms with Gasteiger partial charge in [0, 0.05) is 19.2 Å². The smallest absolute Gasteiger partial charge is 0.383 e. The Hall–Kier alpha value is -2.79. The maximum Gasteiger partial charge on any atom is 0.416 e. The van der Waals surface area contributed by atoms with E-state index in [0.717, 1.165) is 25.0 Å². The first-order valence-electron chi connectivity index (χ1n) is 8.50. The Bertz CT molecular complexity index is 918. The second-order valence-electron chi connectivity index (χ2n) is 6.08. The molecular weight excluding hydrogens is 359 g/mol. The molecule has 2 heterocycles. The molecule has 0 bridgehead atoms. The molecule has 5 nitrogen and oxygen atoms in total. The molecule has 8 heteroatoms. The molecule has 0 saturated carbocycles. The first kappa shape index (κ1) is 19.0. The molecule has 1 N–H and O–H groups in total. The van der Waals surface area contributed by atoms with Crippen LogP contribution >= 0.6 is 0 Å². The summed E-state index contributed by atoms with van der Waals surface area (Å²) >= 11 is 0. The molecule has 142 valence electrons. The van der Waals surface area contributed by atoms with Crippen LogP contribution in [0.25, 0.3) is 0 Å². The van der Waals surface area contributed by atoms with E-state index in [1.54, 1.807) is 7.05 Å². The second-order valence-corrected chi connectivity index (χ2v) is 6.08. The van der Waals surface area contributed by atoms with E-state index in [9.17, 15) is 18.0 Å². The molecule has 0 radical (unpaired) electrons. The lowest BCUT2D eigenvalue weighted by Gasteiger charge is -2.23. The van der Waals surface area contributed by atoms with Gasteiger partial charge < -0.3 is 10.1 Å². The van der Waals surface area contributed by atoms with E-state index < -0.39 is 18.0 Å². The Morgan fingerprint density at radius 2 is 1.96 bits per heavy atom. The Balaban J connectivity index is 1.88. The van der Waals surface area contributed by atoms with E-state index in [1.807, 2.05) is 0 Å². The third kappa shape index (κ3) is 4.31. The molecular formula is C19H18F3N3O2. The summed E-state index contributed by atoms with van der Waals surface area (Å²) in [6.07, 6.45) is -0.685. The standard InChI is InChI=1S/C19H18F3N3O2/c1-23-17-14(8-5-13-6-9-15(10-7-13)19(20,21)22)12-24-25(18(17)26)16-4-2-3-11-27-16/h6-7,9-10,12,16,23H,2-4,11H2,1H3. The minimum absolute atomic E-state index is 0.276. The number of anilines is 1. The van der Waals surface area contributed by atoms with Crippen LogP contribution in [0.1, 0.15) is 42.2 Å². The number of rotatable bonds is 2. The number of nitrogens with one attached hydrogen (secondary N) is 1. The lowest BCUT2D eigenvalue weighted by atomic mass is 10.1. The number of hydrogen-bond donors (Lipinski definition) is 1. The van der Waals surface area contributed by atoms with Crippen LogP contribution in [0.5, 0.6) is 0 Å². The SMILES string of the molecule is CNc1c(C#Cc2ccc(C(F)(F)F)cc2)cnn(C2CCCCO2)c1=O. The third-order valence-electron chi connectivity index (χ3n) is 4.23. The van der Waals surface area contributed by atoms with Crippen molar-refractivity contribution in [1.82, 2.24) is 9.78 Å². The maximum absolute atomic E-state index is 12.7. The summed E-state index contributed by atoms with van der Waals surface area (Å²) < 4.78 is 44.7. The highest BCUT2D eigenvalue weighted by Crippen LogP contribution is 2.29. The Morgan fingerprint density at radius 1 is 1.22 bits per heavy atom. The number of nitrogens with zero attached hydrogens (tertiary/aromatic N) is 2. The Labute approximate surface area is 154 Å². The van der Waals surface area contributed by atoms with Gasteiger partial charge in [-0.15, -0.1) is 0 Å². The zero-order valence-corrected chi connectivity index (χ0v) is 14.6. The summed E-state index contributed by atoms with van der Waals surface area (Å²) in [5, 5.41) is 6.99. The number of aromatic nitrogens is 2. The quantitative estimate of drug-likeness (QED) is 0.815. The predicted octanol–water partition coefficient (Wildman–Crippen LogP) is 3.40. The van der Waals surface area contributed by atoms with E-state index in [-0.39, 0.29) is 11.2 Å². The molecule has 2 aromatic rings. The van der Waals surface area contributed by atoms with Crippen molar-refractivity contribution >= 4 is 5.69 Å². The van der Waals surface area contributed by atoms with Gasteiger partial charge in [-0.2, -0.15) is 23.0 Å². The van der Waals surface area contributed by atoms with Crippen molar-refractivity contribution < 1.29 is 17.9 Å². The molecule has 1 unspecified atom stereocenters. The minimum Gasteiger partial charge on any atom is -0.383 e.